The maximum Gasteiger partial charge on any atom is 0.273 e. The van der Waals surface area contributed by atoms with E-state index in [-0.39, 0.29) is 5.91 Å². The Labute approximate surface area is 192 Å². The van der Waals surface area contributed by atoms with Crippen LogP contribution in [-0.2, 0) is 16.1 Å². The van der Waals surface area contributed by atoms with Gasteiger partial charge in [-0.1, -0.05) is 54.1 Å². The third kappa shape index (κ3) is 6.57. The van der Waals surface area contributed by atoms with Crippen molar-refractivity contribution in [3.8, 4) is 11.5 Å². The van der Waals surface area contributed by atoms with Gasteiger partial charge in [-0.3, -0.25) is 4.79 Å². The summed E-state index contributed by atoms with van der Waals surface area (Å²) in [5, 5.41) is 4.74. The van der Waals surface area contributed by atoms with Gasteiger partial charge in [-0.05, 0) is 53.9 Å². The van der Waals surface area contributed by atoms with Gasteiger partial charge in [0.15, 0.2) is 17.6 Å². The summed E-state index contributed by atoms with van der Waals surface area (Å²) in [7, 11) is 1.48. The number of rotatable bonds is 10. The summed E-state index contributed by atoms with van der Waals surface area (Å²) in [6.45, 7) is 2.78. The van der Waals surface area contributed by atoms with Gasteiger partial charge < -0.3 is 14.2 Å². The average molecular weight is 453 g/mol. The van der Waals surface area contributed by atoms with E-state index >= 15 is 0 Å². The largest absolute Gasteiger partial charge is 0.490 e. The molecule has 0 aliphatic heterocycles. The summed E-state index contributed by atoms with van der Waals surface area (Å²) in [6.07, 6.45) is 0.803. The number of hydrazone groups is 1. The van der Waals surface area contributed by atoms with Crippen LogP contribution in [0.5, 0.6) is 11.5 Å². The molecule has 1 atom stereocenters. The zero-order valence-electron chi connectivity index (χ0n) is 18.0. The van der Waals surface area contributed by atoms with Gasteiger partial charge >= 0.3 is 0 Å². The summed E-state index contributed by atoms with van der Waals surface area (Å²) < 4.78 is 16.9. The number of ether oxygens (including phenoxy) is 3. The molecule has 0 saturated carbocycles. The van der Waals surface area contributed by atoms with E-state index in [4.69, 9.17) is 25.8 Å². The number of carbonyl (C=O) groups excluding carboxylic acids is 1. The molecule has 0 saturated heterocycles. The van der Waals surface area contributed by atoms with Crippen molar-refractivity contribution < 1.29 is 19.0 Å². The maximum atomic E-state index is 12.4. The fourth-order valence-corrected chi connectivity index (χ4v) is 3.11. The number of methoxy groups -OCH3 is 1. The molecule has 1 N–H and O–H groups in total. The molecule has 0 radical (unpaired) electrons. The molecule has 0 aliphatic carbocycles. The molecule has 0 unspecified atom stereocenters. The molecule has 0 aromatic heterocycles. The van der Waals surface area contributed by atoms with Crippen LogP contribution in [0.15, 0.2) is 77.9 Å². The third-order valence-electron chi connectivity index (χ3n) is 4.54. The van der Waals surface area contributed by atoms with Gasteiger partial charge in [-0.2, -0.15) is 5.10 Å². The highest BCUT2D eigenvalue weighted by Gasteiger charge is 2.19. The van der Waals surface area contributed by atoms with Crippen molar-refractivity contribution in [3.05, 3.63) is 94.5 Å². The van der Waals surface area contributed by atoms with Crippen molar-refractivity contribution in [3.63, 3.8) is 0 Å². The van der Waals surface area contributed by atoms with Crippen molar-refractivity contribution >= 4 is 23.7 Å². The number of amides is 1. The van der Waals surface area contributed by atoms with Gasteiger partial charge in [0, 0.05) is 12.1 Å². The number of benzene rings is 3. The zero-order chi connectivity index (χ0) is 22.8. The number of halogens is 1. The van der Waals surface area contributed by atoms with E-state index in [2.05, 4.69) is 10.5 Å². The molecule has 1 amide bonds. The molecule has 3 rings (SSSR count). The lowest BCUT2D eigenvalue weighted by Gasteiger charge is -2.14. The number of carbonyl (C=O) groups is 1. The van der Waals surface area contributed by atoms with Gasteiger partial charge in [-0.25, -0.2) is 5.43 Å². The molecule has 3 aromatic rings. The minimum Gasteiger partial charge on any atom is -0.490 e. The van der Waals surface area contributed by atoms with Crippen molar-refractivity contribution in [1.82, 2.24) is 5.43 Å². The molecule has 166 valence electrons. The van der Waals surface area contributed by atoms with Crippen molar-refractivity contribution in [2.24, 2.45) is 5.10 Å². The molecular formula is C25H25ClN2O4. The minimum atomic E-state index is -0.740. The second kappa shape index (κ2) is 11.9. The lowest BCUT2D eigenvalue weighted by atomic mass is 10.1. The van der Waals surface area contributed by atoms with Crippen LogP contribution in [-0.4, -0.2) is 25.8 Å². The molecule has 32 heavy (non-hydrogen) atoms. The molecule has 7 heteroatoms. The predicted molar refractivity (Wildman–Crippen MR) is 125 cm³/mol. The van der Waals surface area contributed by atoms with Crippen molar-refractivity contribution in [2.45, 2.75) is 19.6 Å². The Balaban J connectivity index is 1.64. The highest BCUT2D eigenvalue weighted by atomic mass is 35.5. The van der Waals surface area contributed by atoms with E-state index in [1.54, 1.807) is 12.3 Å². The van der Waals surface area contributed by atoms with Crippen LogP contribution in [0.4, 0.5) is 0 Å². The Bertz CT molecular complexity index is 1040. The molecule has 0 bridgehead atoms. The number of hydrogen-bond donors (Lipinski definition) is 1. The quantitative estimate of drug-likeness (QED) is 0.341. The third-order valence-corrected chi connectivity index (χ3v) is 4.79. The van der Waals surface area contributed by atoms with Gasteiger partial charge in [0.2, 0.25) is 0 Å². The Hall–Kier alpha value is -3.35. The van der Waals surface area contributed by atoms with Crippen molar-refractivity contribution in [1.29, 1.82) is 0 Å². The van der Waals surface area contributed by atoms with E-state index in [0.29, 0.717) is 29.7 Å². The van der Waals surface area contributed by atoms with Crippen LogP contribution < -0.4 is 14.9 Å². The zero-order valence-corrected chi connectivity index (χ0v) is 18.7. The molecule has 0 fully saturated rings. The Kier molecular flexibility index (Phi) is 8.66. The predicted octanol–water partition coefficient (Wildman–Crippen LogP) is 5.16. The molecule has 0 heterocycles. The summed E-state index contributed by atoms with van der Waals surface area (Å²) in [5.74, 6) is 0.852. The number of hydrogen-bond acceptors (Lipinski definition) is 5. The van der Waals surface area contributed by atoms with Gasteiger partial charge in [0.25, 0.3) is 5.91 Å². The van der Waals surface area contributed by atoms with Crippen LogP contribution in [0.25, 0.3) is 0 Å². The van der Waals surface area contributed by atoms with E-state index in [1.165, 1.54) is 7.11 Å². The number of nitrogens with zero attached hydrogens (tertiary/aromatic N) is 1. The first kappa shape index (κ1) is 23.3. The summed E-state index contributed by atoms with van der Waals surface area (Å²) in [4.78, 5) is 12.4. The topological polar surface area (TPSA) is 69.2 Å². The number of nitrogens with one attached hydrogen (secondary N) is 1. The van der Waals surface area contributed by atoms with E-state index < -0.39 is 6.10 Å². The fourth-order valence-electron chi connectivity index (χ4n) is 2.99. The van der Waals surface area contributed by atoms with E-state index in [1.807, 2.05) is 73.7 Å². The summed E-state index contributed by atoms with van der Waals surface area (Å²) >= 11 is 5.92. The molecular weight excluding hydrogens is 428 g/mol. The smallest absolute Gasteiger partial charge is 0.273 e. The SMILES string of the molecule is CCOc1cc(/C=N\NC(=O)[C@@H](OC)c2ccccc2)ccc1OCc1ccc(Cl)cc1. The molecule has 0 aliphatic rings. The maximum absolute atomic E-state index is 12.4. The van der Waals surface area contributed by atoms with Crippen LogP contribution in [0.3, 0.4) is 0 Å². The van der Waals surface area contributed by atoms with Gasteiger partial charge in [0.1, 0.15) is 6.61 Å². The average Bonchev–Trinajstić information content (AvgIpc) is 2.81. The van der Waals surface area contributed by atoms with Gasteiger partial charge in [-0.15, -0.1) is 0 Å². The van der Waals surface area contributed by atoms with Crippen LogP contribution in [0, 0.1) is 0 Å². The Morgan fingerprint density at radius 3 is 2.47 bits per heavy atom. The second-order valence-electron chi connectivity index (χ2n) is 6.82. The lowest BCUT2D eigenvalue weighted by molar-refractivity contribution is -0.131. The van der Waals surface area contributed by atoms with Crippen LogP contribution in [0.2, 0.25) is 5.02 Å². The first-order valence-corrected chi connectivity index (χ1v) is 10.5. The van der Waals surface area contributed by atoms with Crippen molar-refractivity contribution in [2.75, 3.05) is 13.7 Å². The van der Waals surface area contributed by atoms with Gasteiger partial charge in [0.05, 0.1) is 12.8 Å². The molecule has 0 spiro atoms. The summed E-state index contributed by atoms with van der Waals surface area (Å²) in [6, 6.07) is 22.2. The Morgan fingerprint density at radius 1 is 1.03 bits per heavy atom. The highest BCUT2D eigenvalue weighted by molar-refractivity contribution is 6.30. The summed E-state index contributed by atoms with van der Waals surface area (Å²) in [5.41, 5.74) is 5.02. The van der Waals surface area contributed by atoms with E-state index in [0.717, 1.165) is 16.7 Å². The molecule has 6 nitrogen and oxygen atoms in total. The normalized spacial score (nSPS) is 11.8. The standard InChI is InChI=1S/C25H25ClN2O4/c1-3-31-23-15-19(11-14-22(23)32-17-18-9-12-21(26)13-10-18)16-27-28-25(29)24(30-2)20-7-5-4-6-8-20/h4-16,24H,3,17H2,1-2H3,(H,28,29)/b27-16-/t24-/m0/s1. The van der Waals surface area contributed by atoms with Crippen LogP contribution in [0.1, 0.15) is 29.7 Å². The fraction of sp³-hybridized carbons (Fsp3) is 0.200. The second-order valence-corrected chi connectivity index (χ2v) is 7.25. The minimum absolute atomic E-state index is 0.358. The first-order chi connectivity index (χ1) is 15.6. The monoisotopic (exact) mass is 452 g/mol. The molecule has 3 aromatic carbocycles. The van der Waals surface area contributed by atoms with Crippen LogP contribution >= 0.6 is 11.6 Å². The lowest BCUT2D eigenvalue weighted by Crippen LogP contribution is -2.26. The Morgan fingerprint density at radius 2 is 1.78 bits per heavy atom. The highest BCUT2D eigenvalue weighted by Crippen LogP contribution is 2.29. The first-order valence-electron chi connectivity index (χ1n) is 10.2. The van der Waals surface area contributed by atoms with E-state index in [9.17, 15) is 4.79 Å².